The van der Waals surface area contributed by atoms with E-state index in [0.29, 0.717) is 44.0 Å². The van der Waals surface area contributed by atoms with Gasteiger partial charge in [-0.05, 0) is 43.6 Å². The molecule has 154 valence electrons. The summed E-state index contributed by atoms with van der Waals surface area (Å²) in [5.74, 6) is 0.178. The summed E-state index contributed by atoms with van der Waals surface area (Å²) >= 11 is 0. The summed E-state index contributed by atoms with van der Waals surface area (Å²) in [4.78, 5) is 26.3. The maximum Gasteiger partial charge on any atom is 0.414 e. The van der Waals surface area contributed by atoms with Gasteiger partial charge in [-0.25, -0.2) is 4.79 Å². The van der Waals surface area contributed by atoms with Crippen molar-refractivity contribution < 1.29 is 19.1 Å². The quantitative estimate of drug-likeness (QED) is 0.783. The minimum atomic E-state index is -0.905. The molecular formula is C22H27N3O4. The van der Waals surface area contributed by atoms with E-state index in [1.54, 1.807) is 38.4 Å². The first-order valence-corrected chi connectivity index (χ1v) is 9.68. The van der Waals surface area contributed by atoms with Gasteiger partial charge in [0.25, 0.3) is 5.91 Å². The molecule has 1 heterocycles. The number of carbonyl (C=O) groups is 2. The third kappa shape index (κ3) is 5.56. The summed E-state index contributed by atoms with van der Waals surface area (Å²) in [6.07, 6.45) is 0.691. The first-order chi connectivity index (χ1) is 14.0. The van der Waals surface area contributed by atoms with Crippen molar-refractivity contribution in [3.05, 3.63) is 60.2 Å². The highest BCUT2D eigenvalue weighted by molar-refractivity contribution is 5.97. The third-order valence-electron chi connectivity index (χ3n) is 4.85. The van der Waals surface area contributed by atoms with Crippen molar-refractivity contribution >= 4 is 17.7 Å². The maximum atomic E-state index is 13.2. The lowest BCUT2D eigenvalue weighted by molar-refractivity contribution is -0.147. The topological polar surface area (TPSA) is 79.9 Å². The fourth-order valence-electron chi connectivity index (χ4n) is 3.14. The molecule has 7 heteroatoms. The van der Waals surface area contributed by atoms with Crippen LogP contribution in [0.15, 0.2) is 54.6 Å². The average Bonchev–Trinajstić information content (AvgIpc) is 2.74. The van der Waals surface area contributed by atoms with Crippen molar-refractivity contribution in [2.75, 3.05) is 32.5 Å². The Labute approximate surface area is 171 Å². The Hall–Kier alpha value is -2.90. The Balaban J connectivity index is 1.71. The van der Waals surface area contributed by atoms with Gasteiger partial charge in [-0.1, -0.05) is 36.4 Å². The molecule has 0 spiro atoms. The zero-order chi connectivity index (χ0) is 20.7. The lowest BCUT2D eigenvalue weighted by Gasteiger charge is -2.36. The van der Waals surface area contributed by atoms with Crippen LogP contribution in [-0.4, -0.2) is 49.7 Å². The second-order valence-corrected chi connectivity index (χ2v) is 7.26. The van der Waals surface area contributed by atoms with E-state index in [0.717, 1.165) is 5.56 Å². The van der Waals surface area contributed by atoms with E-state index < -0.39 is 11.7 Å². The number of benzene rings is 2. The van der Waals surface area contributed by atoms with Crippen molar-refractivity contribution in [2.24, 2.45) is 0 Å². The van der Waals surface area contributed by atoms with E-state index >= 15 is 0 Å². The second-order valence-electron chi connectivity index (χ2n) is 7.26. The van der Waals surface area contributed by atoms with E-state index in [-0.39, 0.29) is 5.91 Å². The molecule has 2 aromatic rings. The molecule has 0 aliphatic carbocycles. The minimum Gasteiger partial charge on any atom is -0.410 e. The van der Waals surface area contributed by atoms with Crippen LogP contribution in [0.2, 0.25) is 0 Å². The molecule has 0 radical (unpaired) electrons. The van der Waals surface area contributed by atoms with Crippen LogP contribution in [-0.2, 0) is 16.1 Å². The molecule has 1 saturated heterocycles. The number of nitrogens with zero attached hydrogens (tertiary/aromatic N) is 1. The molecule has 3 rings (SSSR count). The number of nitrogens with one attached hydrogen (secondary N) is 2. The van der Waals surface area contributed by atoms with Crippen LogP contribution in [0.4, 0.5) is 10.5 Å². The van der Waals surface area contributed by atoms with Gasteiger partial charge in [0.15, 0.2) is 0 Å². The molecular weight excluding hydrogens is 370 g/mol. The smallest absolute Gasteiger partial charge is 0.410 e. The van der Waals surface area contributed by atoms with Gasteiger partial charge < -0.3 is 25.0 Å². The maximum absolute atomic E-state index is 13.2. The first kappa shape index (κ1) is 20.8. The van der Waals surface area contributed by atoms with Crippen molar-refractivity contribution in [1.82, 2.24) is 10.2 Å². The van der Waals surface area contributed by atoms with Gasteiger partial charge in [-0.15, -0.1) is 0 Å². The number of carbonyl (C=O) groups excluding carboxylic acids is 2. The second kappa shape index (κ2) is 9.54. The first-order valence-electron chi connectivity index (χ1n) is 9.68. The summed E-state index contributed by atoms with van der Waals surface area (Å²) in [6.45, 7) is 1.79. The normalized spacial score (nSPS) is 15.4. The lowest BCUT2D eigenvalue weighted by Crippen LogP contribution is -2.52. The summed E-state index contributed by atoms with van der Waals surface area (Å²) in [5.41, 5.74) is 0.674. The van der Waals surface area contributed by atoms with Crippen molar-refractivity contribution in [3.8, 4) is 5.75 Å². The molecule has 29 heavy (non-hydrogen) atoms. The largest absolute Gasteiger partial charge is 0.414 e. The molecule has 7 nitrogen and oxygen atoms in total. The average molecular weight is 397 g/mol. The third-order valence-corrected chi connectivity index (χ3v) is 4.85. The summed E-state index contributed by atoms with van der Waals surface area (Å²) in [6, 6.07) is 16.6. The minimum absolute atomic E-state index is 0.189. The molecule has 0 saturated carbocycles. The van der Waals surface area contributed by atoms with Crippen LogP contribution in [0.1, 0.15) is 18.4 Å². The predicted molar refractivity (Wildman–Crippen MR) is 111 cm³/mol. The zero-order valence-corrected chi connectivity index (χ0v) is 16.8. The van der Waals surface area contributed by atoms with Gasteiger partial charge in [-0.3, -0.25) is 4.79 Å². The summed E-state index contributed by atoms with van der Waals surface area (Å²) in [7, 11) is 3.22. The summed E-state index contributed by atoms with van der Waals surface area (Å²) in [5, 5.41) is 6.21. The molecule has 1 fully saturated rings. The number of hydrogen-bond donors (Lipinski definition) is 2. The molecule has 0 bridgehead atoms. The SMILES string of the molecule is CN(C)C(=O)Oc1cccc(NC(=O)C2(OCc3ccccc3)CCNCC2)c1. The molecule has 0 unspecified atom stereocenters. The Bertz CT molecular complexity index is 833. The summed E-state index contributed by atoms with van der Waals surface area (Å²) < 4.78 is 11.4. The Morgan fingerprint density at radius 3 is 2.48 bits per heavy atom. The van der Waals surface area contributed by atoms with E-state index in [2.05, 4.69) is 10.6 Å². The zero-order valence-electron chi connectivity index (χ0n) is 16.8. The van der Waals surface area contributed by atoms with E-state index in [1.807, 2.05) is 30.3 Å². The Morgan fingerprint density at radius 1 is 1.07 bits per heavy atom. The van der Waals surface area contributed by atoms with E-state index in [4.69, 9.17) is 9.47 Å². The van der Waals surface area contributed by atoms with Gasteiger partial charge >= 0.3 is 6.09 Å². The van der Waals surface area contributed by atoms with Crippen LogP contribution in [0.25, 0.3) is 0 Å². The van der Waals surface area contributed by atoms with Gasteiger partial charge in [0.1, 0.15) is 11.4 Å². The molecule has 2 aromatic carbocycles. The molecule has 0 atom stereocenters. The highest BCUT2D eigenvalue weighted by Gasteiger charge is 2.40. The number of rotatable bonds is 6. The standard InChI is InChI=1S/C22H27N3O4/c1-25(2)21(27)29-19-10-6-9-18(15-19)24-20(26)22(11-13-23-14-12-22)28-16-17-7-4-3-5-8-17/h3-10,15,23H,11-14,16H2,1-2H3,(H,24,26). The van der Waals surface area contributed by atoms with Crippen LogP contribution in [0, 0.1) is 0 Å². The Kier molecular flexibility index (Phi) is 6.85. The van der Waals surface area contributed by atoms with Crippen LogP contribution >= 0.6 is 0 Å². The van der Waals surface area contributed by atoms with Crippen LogP contribution in [0.5, 0.6) is 5.75 Å². The lowest BCUT2D eigenvalue weighted by atomic mass is 9.90. The number of hydrogen-bond acceptors (Lipinski definition) is 5. The van der Waals surface area contributed by atoms with Crippen molar-refractivity contribution in [1.29, 1.82) is 0 Å². The van der Waals surface area contributed by atoms with Crippen molar-refractivity contribution in [3.63, 3.8) is 0 Å². The fraction of sp³-hybridized carbons (Fsp3) is 0.364. The highest BCUT2D eigenvalue weighted by Crippen LogP contribution is 2.28. The van der Waals surface area contributed by atoms with Gasteiger partial charge in [0.2, 0.25) is 0 Å². The Morgan fingerprint density at radius 2 is 1.79 bits per heavy atom. The van der Waals surface area contributed by atoms with Gasteiger partial charge in [0.05, 0.1) is 6.61 Å². The number of anilines is 1. The van der Waals surface area contributed by atoms with Gasteiger partial charge in [-0.2, -0.15) is 0 Å². The molecule has 1 aliphatic heterocycles. The number of amides is 2. The van der Waals surface area contributed by atoms with Crippen molar-refractivity contribution in [2.45, 2.75) is 25.0 Å². The van der Waals surface area contributed by atoms with Gasteiger partial charge in [0, 0.05) is 25.8 Å². The monoisotopic (exact) mass is 397 g/mol. The fourth-order valence-corrected chi connectivity index (χ4v) is 3.14. The molecule has 2 N–H and O–H groups in total. The van der Waals surface area contributed by atoms with Crippen LogP contribution in [0.3, 0.4) is 0 Å². The van der Waals surface area contributed by atoms with Crippen LogP contribution < -0.4 is 15.4 Å². The molecule has 1 aliphatic rings. The van der Waals surface area contributed by atoms with E-state index in [1.165, 1.54) is 4.90 Å². The molecule has 0 aromatic heterocycles. The number of piperidine rings is 1. The molecule has 2 amide bonds. The number of ether oxygens (including phenoxy) is 2. The predicted octanol–water partition coefficient (Wildman–Crippen LogP) is 3.02. The van der Waals surface area contributed by atoms with E-state index in [9.17, 15) is 9.59 Å². The highest BCUT2D eigenvalue weighted by atomic mass is 16.6.